The van der Waals surface area contributed by atoms with Crippen LogP contribution in [0.1, 0.15) is 33.1 Å². The second-order valence-electron chi connectivity index (χ2n) is 6.33. The van der Waals surface area contributed by atoms with Gasteiger partial charge in [0, 0.05) is 12.0 Å². The summed E-state index contributed by atoms with van der Waals surface area (Å²) in [7, 11) is 0. The number of hydrogen-bond acceptors (Lipinski definition) is 3. The van der Waals surface area contributed by atoms with Gasteiger partial charge in [0.2, 0.25) is 11.8 Å². The number of piperidine rings is 1. The first-order valence-electron chi connectivity index (χ1n) is 6.53. The topological polar surface area (TPSA) is 63.4 Å². The zero-order valence-electron chi connectivity index (χ0n) is 10.7. The van der Waals surface area contributed by atoms with Gasteiger partial charge in [-0.2, -0.15) is 0 Å². The fourth-order valence-electron chi connectivity index (χ4n) is 3.88. The van der Waals surface area contributed by atoms with E-state index in [4.69, 9.17) is 18.0 Å². The molecule has 2 amide bonds. The Kier molecular flexibility index (Phi) is 2.37. The average molecular weight is 266 g/mol. The highest BCUT2D eigenvalue weighted by atomic mass is 32.1. The Hall–Kier alpha value is -0.970. The summed E-state index contributed by atoms with van der Waals surface area (Å²) in [6, 6.07) is -0.0777. The lowest BCUT2D eigenvalue weighted by Crippen LogP contribution is -2.48. The quantitative estimate of drug-likeness (QED) is 0.600. The van der Waals surface area contributed by atoms with Gasteiger partial charge in [-0.25, -0.2) is 0 Å². The molecule has 3 rings (SSSR count). The third-order valence-electron chi connectivity index (χ3n) is 5.01. The molecule has 2 aliphatic carbocycles. The highest BCUT2D eigenvalue weighted by Gasteiger charge is 2.73. The molecule has 3 fully saturated rings. The van der Waals surface area contributed by atoms with E-state index in [0.29, 0.717) is 4.99 Å². The van der Waals surface area contributed by atoms with Gasteiger partial charge in [-0.15, -0.1) is 0 Å². The van der Waals surface area contributed by atoms with Crippen LogP contribution in [0.2, 0.25) is 0 Å². The summed E-state index contributed by atoms with van der Waals surface area (Å²) >= 11 is 5.06. The summed E-state index contributed by atoms with van der Waals surface area (Å²) in [5, 5.41) is 0. The van der Waals surface area contributed by atoms with Crippen molar-refractivity contribution in [3.8, 4) is 0 Å². The van der Waals surface area contributed by atoms with Crippen molar-refractivity contribution < 1.29 is 9.59 Å². The van der Waals surface area contributed by atoms with Crippen LogP contribution in [0.3, 0.4) is 0 Å². The Morgan fingerprint density at radius 1 is 1.28 bits per heavy atom. The number of fused-ring (bicyclic) bond motifs is 1. The van der Waals surface area contributed by atoms with Crippen molar-refractivity contribution in [3.63, 3.8) is 0 Å². The number of nitrogens with zero attached hydrogens (tertiary/aromatic N) is 1. The Labute approximate surface area is 112 Å². The average Bonchev–Trinajstić information content (AvgIpc) is 2.64. The highest BCUT2D eigenvalue weighted by Crippen LogP contribution is 2.64. The van der Waals surface area contributed by atoms with Gasteiger partial charge in [0.1, 0.15) is 0 Å². The molecule has 1 saturated heterocycles. The zero-order chi connectivity index (χ0) is 13.2. The molecule has 98 valence electrons. The van der Waals surface area contributed by atoms with Gasteiger partial charge in [0.25, 0.3) is 0 Å². The van der Waals surface area contributed by atoms with Crippen molar-refractivity contribution >= 4 is 29.0 Å². The summed E-state index contributed by atoms with van der Waals surface area (Å²) in [6.07, 6.45) is 2.73. The van der Waals surface area contributed by atoms with Crippen LogP contribution in [0.4, 0.5) is 0 Å². The minimum absolute atomic E-state index is 0.00292. The predicted octanol–water partition coefficient (Wildman–Crippen LogP) is 1.08. The van der Waals surface area contributed by atoms with Crippen LogP contribution in [0.25, 0.3) is 0 Å². The molecule has 2 saturated carbocycles. The van der Waals surface area contributed by atoms with Gasteiger partial charge in [0.05, 0.1) is 16.8 Å². The van der Waals surface area contributed by atoms with E-state index in [-0.39, 0.29) is 41.0 Å². The fourth-order valence-corrected chi connectivity index (χ4v) is 4.15. The standard InChI is InChI=1S/C13H18N2O2S/c1-13(2)8-9(13)12(17)15(11(8)16)7-5-3-4-6(7)10(14)18/h6-9H,3-5H2,1-2H3,(H2,14,18). The van der Waals surface area contributed by atoms with E-state index < -0.39 is 0 Å². The number of thiocarbonyl (C=S) groups is 1. The minimum Gasteiger partial charge on any atom is -0.393 e. The molecule has 0 radical (unpaired) electrons. The van der Waals surface area contributed by atoms with Crippen LogP contribution in [-0.4, -0.2) is 27.7 Å². The van der Waals surface area contributed by atoms with Gasteiger partial charge in [-0.1, -0.05) is 32.5 Å². The number of imide groups is 1. The highest BCUT2D eigenvalue weighted by molar-refractivity contribution is 7.80. The lowest BCUT2D eigenvalue weighted by Gasteiger charge is -2.30. The molecule has 18 heavy (non-hydrogen) atoms. The molecule has 1 heterocycles. The van der Waals surface area contributed by atoms with Crippen molar-refractivity contribution in [1.82, 2.24) is 4.90 Å². The van der Waals surface area contributed by atoms with Crippen molar-refractivity contribution in [2.24, 2.45) is 28.9 Å². The fraction of sp³-hybridized carbons (Fsp3) is 0.769. The molecule has 3 aliphatic rings. The molecule has 4 nitrogen and oxygen atoms in total. The molecule has 0 spiro atoms. The lowest BCUT2D eigenvalue weighted by molar-refractivity contribution is -0.146. The van der Waals surface area contributed by atoms with Crippen LogP contribution in [0.5, 0.6) is 0 Å². The summed E-state index contributed by atoms with van der Waals surface area (Å²) < 4.78 is 0. The van der Waals surface area contributed by atoms with Crippen molar-refractivity contribution in [2.75, 3.05) is 0 Å². The molecule has 0 aromatic carbocycles. The maximum absolute atomic E-state index is 12.3. The predicted molar refractivity (Wildman–Crippen MR) is 70.5 cm³/mol. The van der Waals surface area contributed by atoms with E-state index in [1.54, 1.807) is 0 Å². The number of carbonyl (C=O) groups excluding carboxylic acids is 2. The Morgan fingerprint density at radius 3 is 2.33 bits per heavy atom. The summed E-state index contributed by atoms with van der Waals surface area (Å²) in [4.78, 5) is 26.6. The largest absolute Gasteiger partial charge is 0.393 e. The van der Waals surface area contributed by atoms with Crippen molar-refractivity contribution in [3.05, 3.63) is 0 Å². The molecule has 4 unspecified atom stereocenters. The Bertz CT molecular complexity index is 436. The molecule has 2 N–H and O–H groups in total. The summed E-state index contributed by atoms with van der Waals surface area (Å²) in [5.41, 5.74) is 5.59. The number of carbonyl (C=O) groups is 2. The molecule has 0 bridgehead atoms. The van der Waals surface area contributed by atoms with Gasteiger partial charge < -0.3 is 5.73 Å². The first kappa shape index (κ1) is 12.1. The van der Waals surface area contributed by atoms with Crippen LogP contribution in [0, 0.1) is 23.2 Å². The molecule has 0 aromatic heterocycles. The normalized spacial score (nSPS) is 41.1. The first-order chi connectivity index (χ1) is 8.37. The van der Waals surface area contributed by atoms with Crippen LogP contribution in [-0.2, 0) is 9.59 Å². The third kappa shape index (κ3) is 1.34. The SMILES string of the molecule is CC1(C)C2C(=O)N(C3CCCC3C(N)=S)C(=O)C21. The second kappa shape index (κ2) is 3.53. The Morgan fingerprint density at radius 2 is 1.83 bits per heavy atom. The van der Waals surface area contributed by atoms with Crippen molar-refractivity contribution in [1.29, 1.82) is 0 Å². The van der Waals surface area contributed by atoms with Crippen molar-refractivity contribution in [2.45, 2.75) is 39.2 Å². The van der Waals surface area contributed by atoms with E-state index in [9.17, 15) is 9.59 Å². The Balaban J connectivity index is 1.85. The molecule has 5 heteroatoms. The smallest absolute Gasteiger partial charge is 0.233 e. The number of hydrogen-bond donors (Lipinski definition) is 1. The minimum atomic E-state index is -0.137. The number of rotatable bonds is 2. The summed E-state index contributed by atoms with van der Waals surface area (Å²) in [6.45, 7) is 3.99. The number of nitrogens with two attached hydrogens (primary N) is 1. The zero-order valence-corrected chi connectivity index (χ0v) is 11.5. The van der Waals surface area contributed by atoms with Gasteiger partial charge >= 0.3 is 0 Å². The van der Waals surface area contributed by atoms with Gasteiger partial charge in [0.15, 0.2) is 0 Å². The summed E-state index contributed by atoms with van der Waals surface area (Å²) in [5.74, 6) is -0.171. The first-order valence-corrected chi connectivity index (χ1v) is 6.94. The van der Waals surface area contributed by atoms with Crippen LogP contribution >= 0.6 is 12.2 Å². The van der Waals surface area contributed by atoms with Gasteiger partial charge in [-0.3, -0.25) is 14.5 Å². The van der Waals surface area contributed by atoms with E-state index >= 15 is 0 Å². The third-order valence-corrected chi connectivity index (χ3v) is 5.31. The van der Waals surface area contributed by atoms with Gasteiger partial charge in [-0.05, 0) is 18.3 Å². The van der Waals surface area contributed by atoms with E-state index in [1.807, 2.05) is 13.8 Å². The van der Waals surface area contributed by atoms with Crippen LogP contribution in [0.15, 0.2) is 0 Å². The monoisotopic (exact) mass is 266 g/mol. The molecule has 1 aliphatic heterocycles. The van der Waals surface area contributed by atoms with E-state index in [0.717, 1.165) is 19.3 Å². The molecular formula is C13H18N2O2S. The van der Waals surface area contributed by atoms with E-state index in [1.165, 1.54) is 4.90 Å². The maximum Gasteiger partial charge on any atom is 0.233 e. The number of amides is 2. The molecular weight excluding hydrogens is 248 g/mol. The molecule has 0 aromatic rings. The molecule has 4 atom stereocenters. The van der Waals surface area contributed by atoms with Crippen LogP contribution < -0.4 is 5.73 Å². The van der Waals surface area contributed by atoms with E-state index in [2.05, 4.69) is 0 Å². The maximum atomic E-state index is 12.3. The lowest BCUT2D eigenvalue weighted by atomic mass is 9.99. The number of likely N-dealkylation sites (tertiary alicyclic amines) is 1. The second-order valence-corrected chi connectivity index (χ2v) is 6.80.